The van der Waals surface area contributed by atoms with E-state index in [4.69, 9.17) is 4.74 Å². The van der Waals surface area contributed by atoms with E-state index in [2.05, 4.69) is 31.2 Å². The maximum absolute atomic E-state index is 13.1. The number of rotatable bonds is 11. The molecular formula is C36H39F3N6O9S4. The minimum absolute atomic E-state index is 0.0106. The highest BCUT2D eigenvalue weighted by Crippen LogP contribution is 2.36. The average Bonchev–Trinajstić information content (AvgIpc) is 3.99. The Morgan fingerprint density at radius 1 is 0.672 bits per heavy atom. The number of alkyl halides is 3. The fourth-order valence-corrected chi connectivity index (χ4v) is 9.55. The van der Waals surface area contributed by atoms with Crippen molar-refractivity contribution >= 4 is 87.6 Å². The number of ketones is 2. The van der Waals surface area contributed by atoms with Gasteiger partial charge in [0.05, 0.1) is 36.4 Å². The summed E-state index contributed by atoms with van der Waals surface area (Å²) in [5.74, 6) is -0.353. The Balaban J connectivity index is 0.000000221. The Bertz CT molecular complexity index is 2410. The minimum Gasteiger partial charge on any atom is -0.497 e. The first-order valence-corrected chi connectivity index (χ1v) is 23.1. The van der Waals surface area contributed by atoms with Crippen LogP contribution in [0.3, 0.4) is 0 Å². The van der Waals surface area contributed by atoms with Gasteiger partial charge in [-0.15, -0.1) is 0 Å². The van der Waals surface area contributed by atoms with Crippen molar-refractivity contribution in [1.29, 1.82) is 0 Å². The highest BCUT2D eigenvalue weighted by molar-refractivity contribution is 7.93. The summed E-state index contributed by atoms with van der Waals surface area (Å²) in [4.78, 5) is 58.0. The number of amides is 4. The number of methoxy groups -OCH3 is 1. The van der Waals surface area contributed by atoms with E-state index < -0.39 is 49.3 Å². The molecule has 22 heteroatoms. The summed E-state index contributed by atoms with van der Waals surface area (Å²) in [6.07, 6.45) is 6.28. The van der Waals surface area contributed by atoms with Crippen molar-refractivity contribution in [3.05, 3.63) is 65.5 Å². The summed E-state index contributed by atoms with van der Waals surface area (Å²) in [7, 11) is -5.36. The van der Waals surface area contributed by atoms with Gasteiger partial charge in [0.1, 0.15) is 14.2 Å². The molecule has 58 heavy (non-hydrogen) atoms. The second-order valence-electron chi connectivity index (χ2n) is 13.5. The van der Waals surface area contributed by atoms with Crippen molar-refractivity contribution < 1.29 is 53.9 Å². The highest BCUT2D eigenvalue weighted by atomic mass is 32.2. The van der Waals surface area contributed by atoms with Crippen molar-refractivity contribution in [2.24, 2.45) is 11.8 Å². The zero-order valence-electron chi connectivity index (χ0n) is 31.3. The van der Waals surface area contributed by atoms with Crippen molar-refractivity contribution in [1.82, 2.24) is 9.97 Å². The number of aromatic nitrogens is 2. The number of sulfone groups is 2. The smallest absolute Gasteiger partial charge is 0.416 e. The van der Waals surface area contributed by atoms with Crippen LogP contribution < -0.4 is 26.0 Å². The van der Waals surface area contributed by atoms with E-state index in [-0.39, 0.29) is 47.6 Å². The molecule has 2 aromatic heterocycles. The molecule has 15 nitrogen and oxygen atoms in total. The van der Waals surface area contributed by atoms with Gasteiger partial charge < -0.3 is 15.4 Å². The lowest BCUT2D eigenvalue weighted by molar-refractivity contribution is -0.137. The van der Waals surface area contributed by atoms with Crippen LogP contribution in [0.15, 0.2) is 57.2 Å². The van der Waals surface area contributed by atoms with Crippen LogP contribution in [0.2, 0.25) is 0 Å². The van der Waals surface area contributed by atoms with Crippen LogP contribution in [-0.2, 0) is 25.9 Å². The predicted octanol–water partition coefficient (Wildman–Crippen LogP) is 8.15. The summed E-state index contributed by atoms with van der Waals surface area (Å²) in [6.45, 7) is 0. The van der Waals surface area contributed by atoms with E-state index in [0.29, 0.717) is 29.8 Å². The van der Waals surface area contributed by atoms with Gasteiger partial charge in [-0.25, -0.2) is 36.4 Å². The van der Waals surface area contributed by atoms with E-state index >= 15 is 0 Å². The highest BCUT2D eigenvalue weighted by Gasteiger charge is 2.34. The van der Waals surface area contributed by atoms with Crippen LogP contribution in [0.1, 0.15) is 77.6 Å². The summed E-state index contributed by atoms with van der Waals surface area (Å²) in [6, 6.07) is 6.00. The molecule has 0 bridgehead atoms. The van der Waals surface area contributed by atoms with Crippen LogP contribution >= 0.6 is 22.7 Å². The number of nitrogens with zero attached hydrogens (tertiary/aromatic N) is 2. The third kappa shape index (κ3) is 11.6. The molecule has 2 aliphatic rings. The maximum Gasteiger partial charge on any atom is 0.416 e. The third-order valence-electron chi connectivity index (χ3n) is 9.19. The Hall–Kier alpha value is -4.93. The number of urea groups is 2. The molecule has 2 fully saturated rings. The number of hydrogen-bond donors (Lipinski definition) is 4. The van der Waals surface area contributed by atoms with Crippen molar-refractivity contribution in [3.63, 3.8) is 0 Å². The van der Waals surface area contributed by atoms with Crippen molar-refractivity contribution in [2.75, 3.05) is 40.9 Å². The molecule has 2 aliphatic carbocycles. The Labute approximate surface area is 340 Å². The fraction of sp³-hybridized carbons (Fsp3) is 0.389. The maximum atomic E-state index is 13.1. The zero-order valence-corrected chi connectivity index (χ0v) is 34.5. The second-order valence-corrected chi connectivity index (χ2v) is 20.1. The topological polar surface area (TPSA) is 220 Å². The molecule has 0 unspecified atom stereocenters. The van der Waals surface area contributed by atoms with Crippen LogP contribution in [0.5, 0.6) is 5.75 Å². The van der Waals surface area contributed by atoms with Gasteiger partial charge in [-0.05, 0) is 62.1 Å². The number of benzene rings is 2. The Kier molecular flexibility index (Phi) is 14.0. The molecule has 0 spiro atoms. The van der Waals surface area contributed by atoms with Gasteiger partial charge >= 0.3 is 18.2 Å². The summed E-state index contributed by atoms with van der Waals surface area (Å²) >= 11 is 1.59. The zero-order chi connectivity index (χ0) is 42.4. The lowest BCUT2D eigenvalue weighted by Crippen LogP contribution is -2.22. The third-order valence-corrected chi connectivity index (χ3v) is 14.6. The van der Waals surface area contributed by atoms with Crippen molar-refractivity contribution in [3.8, 4) is 5.75 Å². The quantitative estimate of drug-likeness (QED) is 0.105. The van der Waals surface area contributed by atoms with Crippen LogP contribution in [0, 0.1) is 11.8 Å². The van der Waals surface area contributed by atoms with Gasteiger partial charge in [0.2, 0.25) is 0 Å². The number of nitrogens with one attached hydrogen (secondary N) is 4. The number of carbonyl (C=O) groups is 4. The molecule has 6 rings (SSSR count). The van der Waals surface area contributed by atoms with E-state index in [1.165, 1.54) is 13.3 Å². The number of carbonyl (C=O) groups excluding carboxylic acids is 4. The number of thiazole rings is 2. The molecule has 4 N–H and O–H groups in total. The molecule has 0 saturated heterocycles. The lowest BCUT2D eigenvalue weighted by Gasteiger charge is -2.16. The van der Waals surface area contributed by atoms with Gasteiger partial charge in [0, 0.05) is 35.5 Å². The molecule has 4 aromatic rings. The molecule has 2 saturated carbocycles. The molecule has 0 radical (unpaired) electrons. The van der Waals surface area contributed by atoms with E-state index in [9.17, 15) is 49.2 Å². The number of ether oxygens (including phenoxy) is 1. The standard InChI is InChI=1S/C18H18F3N3O4S2.C18H21N3O5S2/c1-30(27,28)14-9-22-17(29-14)24-16(26)23-13-7-6-11(18(19,20)21)8-12(13)15(25)10-4-2-3-5-10;1-26-12-7-8-14(13(9-12)16(22)11-5-3-4-6-11)20-17(23)21-18-19-10-15(27-18)28(2,24)25/h6-10H,2-5H2,1H3,(H2,22,23,24,26);7-11H,3-6H2,1-2H3,(H2,19,20,21,23). The first-order valence-electron chi connectivity index (χ1n) is 17.7. The predicted molar refractivity (Wildman–Crippen MR) is 213 cm³/mol. The number of halogens is 3. The molecule has 0 atom stereocenters. The minimum atomic E-state index is -4.63. The van der Waals surface area contributed by atoms with Gasteiger partial charge in [0.15, 0.2) is 41.5 Å². The summed E-state index contributed by atoms with van der Waals surface area (Å²) < 4.78 is 90.6. The normalized spacial score (nSPS) is 14.9. The number of hydrogen-bond acceptors (Lipinski definition) is 13. The van der Waals surface area contributed by atoms with E-state index in [0.717, 1.165) is 98.1 Å². The van der Waals surface area contributed by atoms with Crippen LogP contribution in [-0.4, -0.2) is 70.1 Å². The molecule has 2 heterocycles. The van der Waals surface area contributed by atoms with Gasteiger partial charge in [-0.1, -0.05) is 48.4 Å². The first kappa shape index (κ1) is 44.2. The Morgan fingerprint density at radius 2 is 1.09 bits per heavy atom. The molecule has 0 aliphatic heterocycles. The van der Waals surface area contributed by atoms with Gasteiger partial charge in [-0.3, -0.25) is 20.2 Å². The average molecular weight is 885 g/mol. The SMILES string of the molecule is COc1ccc(NC(=O)Nc2ncc(S(C)(=O)=O)s2)c(C(=O)C2CCCC2)c1.CS(=O)(=O)c1cnc(NC(=O)Nc2ccc(C(F)(F)F)cc2C(=O)C2CCCC2)s1. The lowest BCUT2D eigenvalue weighted by atomic mass is 9.93. The first-order chi connectivity index (χ1) is 27.2. The number of Topliss-reactive ketones (excluding diaryl/α,β-unsaturated/α-hetero) is 2. The van der Waals surface area contributed by atoms with Crippen LogP contribution in [0.4, 0.5) is 44.4 Å². The van der Waals surface area contributed by atoms with E-state index in [1.807, 2.05) is 0 Å². The van der Waals surface area contributed by atoms with E-state index in [1.54, 1.807) is 18.2 Å². The monoisotopic (exact) mass is 884 g/mol. The fourth-order valence-electron chi connectivity index (χ4n) is 6.29. The summed E-state index contributed by atoms with van der Waals surface area (Å²) in [5.41, 5.74) is -0.472. The molecule has 4 amide bonds. The molecule has 312 valence electrons. The van der Waals surface area contributed by atoms with Crippen LogP contribution in [0.25, 0.3) is 0 Å². The molecule has 2 aromatic carbocycles. The summed E-state index contributed by atoms with van der Waals surface area (Å²) in [5, 5.41) is 9.98. The largest absolute Gasteiger partial charge is 0.497 e. The number of anilines is 4. The second kappa shape index (κ2) is 18.3. The van der Waals surface area contributed by atoms with Crippen molar-refractivity contribution in [2.45, 2.75) is 66.0 Å². The Morgan fingerprint density at radius 3 is 1.47 bits per heavy atom. The van der Waals surface area contributed by atoms with Gasteiger partial charge in [0.25, 0.3) is 0 Å². The molecular weight excluding hydrogens is 846 g/mol. The van der Waals surface area contributed by atoms with Gasteiger partial charge in [-0.2, -0.15) is 13.2 Å².